The predicted octanol–water partition coefficient (Wildman–Crippen LogP) is 5.84. The highest BCUT2D eigenvalue weighted by molar-refractivity contribution is 7.08. The van der Waals surface area contributed by atoms with Crippen LogP contribution in [-0.2, 0) is 0 Å². The van der Waals surface area contributed by atoms with E-state index in [1.54, 1.807) is 6.07 Å². The number of hydrogen-bond donors (Lipinski definition) is 1. The van der Waals surface area contributed by atoms with Crippen molar-refractivity contribution in [2.45, 2.75) is 6.43 Å². The minimum absolute atomic E-state index is 0.211. The lowest BCUT2D eigenvalue weighted by Gasteiger charge is -2.12. The smallest absolute Gasteiger partial charge is 0.283 e. The number of anilines is 1. The summed E-state index contributed by atoms with van der Waals surface area (Å²) in [5, 5.41) is 6.31. The van der Waals surface area contributed by atoms with Gasteiger partial charge >= 0.3 is 0 Å². The summed E-state index contributed by atoms with van der Waals surface area (Å²) >= 11 is 12.4. The first-order valence-electron chi connectivity index (χ1n) is 7.03. The minimum Gasteiger partial charge on any atom is -0.321 e. The quantitative estimate of drug-likeness (QED) is 0.579. The van der Waals surface area contributed by atoms with Crippen molar-refractivity contribution in [1.29, 1.82) is 0 Å². The van der Waals surface area contributed by atoms with Crippen molar-refractivity contribution in [1.82, 2.24) is 9.59 Å². The van der Waals surface area contributed by atoms with Gasteiger partial charge in [0.2, 0.25) is 0 Å². The largest absolute Gasteiger partial charge is 0.321 e. The fraction of sp³-hybridized carbons (Fsp3) is 0.0625. The third-order valence-corrected chi connectivity index (χ3v) is 4.87. The monoisotopic (exact) mass is 417 g/mol. The van der Waals surface area contributed by atoms with Crippen molar-refractivity contribution in [2.75, 3.05) is 5.32 Å². The van der Waals surface area contributed by atoms with Gasteiger partial charge < -0.3 is 5.32 Å². The van der Waals surface area contributed by atoms with E-state index >= 15 is 0 Å². The molecule has 0 unspecified atom stereocenters. The molecular weight excluding hydrogens is 410 g/mol. The van der Waals surface area contributed by atoms with Gasteiger partial charge in [0.25, 0.3) is 12.3 Å². The van der Waals surface area contributed by atoms with Crippen molar-refractivity contribution in [2.24, 2.45) is 0 Å². The van der Waals surface area contributed by atoms with Gasteiger partial charge in [0, 0.05) is 11.3 Å². The minimum atomic E-state index is -2.93. The molecule has 2 aromatic carbocycles. The molecule has 0 atom stereocenters. The zero-order chi connectivity index (χ0) is 18.8. The van der Waals surface area contributed by atoms with Crippen LogP contribution in [0.3, 0.4) is 0 Å². The van der Waals surface area contributed by atoms with E-state index in [4.69, 9.17) is 23.2 Å². The van der Waals surface area contributed by atoms with Crippen LogP contribution in [0, 0.1) is 5.82 Å². The Morgan fingerprint density at radius 1 is 1.12 bits per heavy atom. The third-order valence-electron chi connectivity index (χ3n) is 3.39. The van der Waals surface area contributed by atoms with E-state index in [0.717, 1.165) is 6.07 Å². The molecule has 1 aromatic heterocycles. The first-order valence-corrected chi connectivity index (χ1v) is 8.56. The van der Waals surface area contributed by atoms with Crippen LogP contribution in [0.15, 0.2) is 36.4 Å². The molecule has 1 N–H and O–H groups in total. The number of nitrogens with zero attached hydrogens (tertiary/aromatic N) is 2. The number of nitrogens with one attached hydrogen (secondary N) is 1. The van der Waals surface area contributed by atoms with Gasteiger partial charge in [0.05, 0.1) is 10.0 Å². The molecule has 10 heteroatoms. The zero-order valence-corrected chi connectivity index (χ0v) is 15.0. The van der Waals surface area contributed by atoms with Crippen molar-refractivity contribution in [3.8, 4) is 11.1 Å². The highest BCUT2D eigenvalue weighted by Crippen LogP contribution is 2.34. The van der Waals surface area contributed by atoms with Crippen molar-refractivity contribution < 1.29 is 18.0 Å². The summed E-state index contributed by atoms with van der Waals surface area (Å²) in [6.45, 7) is 0. The fourth-order valence-electron chi connectivity index (χ4n) is 2.20. The molecule has 0 saturated carbocycles. The number of alkyl halides is 2. The maximum atomic E-state index is 13.7. The average Bonchev–Trinajstić information content (AvgIpc) is 3.09. The van der Waals surface area contributed by atoms with Gasteiger partial charge in [-0.3, -0.25) is 4.79 Å². The molecule has 3 aromatic rings. The second kappa shape index (κ2) is 7.61. The van der Waals surface area contributed by atoms with Gasteiger partial charge in [-0.05, 0) is 47.4 Å². The number of amides is 1. The van der Waals surface area contributed by atoms with Crippen LogP contribution in [0.1, 0.15) is 21.8 Å². The molecule has 3 rings (SSSR count). The van der Waals surface area contributed by atoms with Gasteiger partial charge in [-0.2, -0.15) is 0 Å². The second-order valence-electron chi connectivity index (χ2n) is 5.06. The Bertz CT molecular complexity index is 981. The van der Waals surface area contributed by atoms with Crippen LogP contribution >= 0.6 is 34.7 Å². The number of aromatic nitrogens is 2. The molecule has 134 valence electrons. The number of carbonyl (C=O) groups excluding carboxylic acids is 1. The molecule has 1 amide bonds. The normalized spacial score (nSPS) is 11.0. The summed E-state index contributed by atoms with van der Waals surface area (Å²) < 4.78 is 42.9. The number of carbonyl (C=O) groups is 1. The van der Waals surface area contributed by atoms with Gasteiger partial charge in [-0.1, -0.05) is 33.8 Å². The molecule has 4 nitrogen and oxygen atoms in total. The summed E-state index contributed by atoms with van der Waals surface area (Å²) in [5.41, 5.74) is 0.313. The molecule has 0 bridgehead atoms. The molecule has 26 heavy (non-hydrogen) atoms. The Labute approximate surface area is 159 Å². The number of rotatable bonds is 4. The Hall–Kier alpha value is -2.16. The SMILES string of the molecule is O=C(Nc1ccc(F)cc1-c1ccc(Cl)c(Cl)c1)c1snnc1C(F)F. The Balaban J connectivity index is 1.99. The van der Waals surface area contributed by atoms with E-state index < -0.39 is 23.8 Å². The van der Waals surface area contributed by atoms with Crippen LogP contribution in [0.2, 0.25) is 10.0 Å². The van der Waals surface area contributed by atoms with Gasteiger partial charge in [0.1, 0.15) is 10.7 Å². The van der Waals surface area contributed by atoms with Crippen molar-refractivity contribution in [3.63, 3.8) is 0 Å². The summed E-state index contributed by atoms with van der Waals surface area (Å²) in [6.07, 6.45) is -2.93. The lowest BCUT2D eigenvalue weighted by atomic mass is 10.0. The van der Waals surface area contributed by atoms with Crippen LogP contribution < -0.4 is 5.32 Å². The fourth-order valence-corrected chi connectivity index (χ4v) is 3.07. The topological polar surface area (TPSA) is 54.9 Å². The molecule has 0 saturated heterocycles. The highest BCUT2D eigenvalue weighted by Gasteiger charge is 2.24. The number of hydrogen-bond acceptors (Lipinski definition) is 4. The van der Waals surface area contributed by atoms with E-state index in [1.807, 2.05) is 0 Å². The molecule has 0 aliphatic carbocycles. The van der Waals surface area contributed by atoms with Crippen LogP contribution in [-0.4, -0.2) is 15.5 Å². The standard InChI is InChI=1S/C16H8Cl2F3N3OS/c17-10-3-1-7(5-11(10)18)9-6-8(19)2-4-12(9)22-16(25)14-13(15(20)21)23-24-26-14/h1-6,15H,(H,22,25). The maximum Gasteiger partial charge on any atom is 0.283 e. The Morgan fingerprint density at radius 3 is 2.58 bits per heavy atom. The molecule has 0 fully saturated rings. The highest BCUT2D eigenvalue weighted by atomic mass is 35.5. The van der Waals surface area contributed by atoms with Gasteiger partial charge in [-0.15, -0.1) is 5.10 Å². The first-order chi connectivity index (χ1) is 12.4. The third kappa shape index (κ3) is 3.82. The van der Waals surface area contributed by atoms with E-state index in [0.29, 0.717) is 27.7 Å². The van der Waals surface area contributed by atoms with E-state index in [2.05, 4.69) is 14.9 Å². The lowest BCUT2D eigenvalue weighted by molar-refractivity contribution is 0.101. The number of halogens is 5. The lowest BCUT2D eigenvalue weighted by Crippen LogP contribution is -2.13. The van der Waals surface area contributed by atoms with Gasteiger partial charge in [-0.25, -0.2) is 13.2 Å². The molecule has 0 aliphatic rings. The van der Waals surface area contributed by atoms with Gasteiger partial charge in [0.15, 0.2) is 5.69 Å². The molecule has 0 aliphatic heterocycles. The zero-order valence-electron chi connectivity index (χ0n) is 12.6. The van der Waals surface area contributed by atoms with Crippen molar-refractivity contribution >= 4 is 46.3 Å². The predicted molar refractivity (Wildman–Crippen MR) is 94.7 cm³/mol. The molecule has 0 spiro atoms. The van der Waals surface area contributed by atoms with E-state index in [-0.39, 0.29) is 15.6 Å². The summed E-state index contributed by atoms with van der Waals surface area (Å²) in [6, 6.07) is 8.27. The summed E-state index contributed by atoms with van der Waals surface area (Å²) in [4.78, 5) is 12.0. The van der Waals surface area contributed by atoms with Crippen LogP contribution in [0.5, 0.6) is 0 Å². The molecular formula is C16H8Cl2F3N3OS. The molecule has 0 radical (unpaired) electrons. The second-order valence-corrected chi connectivity index (χ2v) is 6.63. The van der Waals surface area contributed by atoms with Crippen molar-refractivity contribution in [3.05, 3.63) is 62.8 Å². The Morgan fingerprint density at radius 2 is 1.88 bits per heavy atom. The number of benzene rings is 2. The molecule has 1 heterocycles. The first kappa shape index (κ1) is 18.6. The average molecular weight is 418 g/mol. The van der Waals surface area contributed by atoms with Crippen LogP contribution in [0.4, 0.5) is 18.9 Å². The van der Waals surface area contributed by atoms with Crippen LogP contribution in [0.25, 0.3) is 11.1 Å². The van der Waals surface area contributed by atoms with E-state index in [9.17, 15) is 18.0 Å². The van der Waals surface area contributed by atoms with E-state index in [1.165, 1.54) is 24.3 Å². The Kier molecular flexibility index (Phi) is 5.45. The summed E-state index contributed by atoms with van der Waals surface area (Å²) in [7, 11) is 0. The summed E-state index contributed by atoms with van der Waals surface area (Å²) in [5.74, 6) is -1.36. The maximum absolute atomic E-state index is 13.7.